The summed E-state index contributed by atoms with van der Waals surface area (Å²) in [6, 6.07) is 2.32. The zero-order chi connectivity index (χ0) is 11.5. The molecule has 0 unspecified atom stereocenters. The lowest BCUT2D eigenvalue weighted by Crippen LogP contribution is -2.14. The Labute approximate surface area is 91.7 Å². The van der Waals surface area contributed by atoms with E-state index in [9.17, 15) is 0 Å². The van der Waals surface area contributed by atoms with Crippen molar-refractivity contribution in [3.05, 3.63) is 18.2 Å². The number of aromatic nitrogens is 2. The van der Waals surface area contributed by atoms with Gasteiger partial charge in [-0.3, -0.25) is 0 Å². The monoisotopic (exact) mass is 205 g/mol. The minimum atomic E-state index is -0.251. The van der Waals surface area contributed by atoms with Gasteiger partial charge in [-0.1, -0.05) is 13.8 Å². The first-order chi connectivity index (χ1) is 6.96. The van der Waals surface area contributed by atoms with Crippen molar-refractivity contribution in [2.24, 2.45) is 5.41 Å². The quantitative estimate of drug-likeness (QED) is 0.758. The molecule has 1 aromatic heterocycles. The normalized spacial score (nSPS) is 11.7. The molecule has 0 bridgehead atoms. The Morgan fingerprint density at radius 3 is 2.73 bits per heavy atom. The third-order valence-corrected chi connectivity index (χ3v) is 2.54. The molecule has 3 nitrogen and oxygen atoms in total. The van der Waals surface area contributed by atoms with Gasteiger partial charge in [0.05, 0.1) is 11.5 Å². The van der Waals surface area contributed by atoms with E-state index in [0.717, 1.165) is 18.8 Å². The fraction of sp³-hybridized carbons (Fsp3) is 0.667. The maximum Gasteiger partial charge on any atom is 0.111 e. The average molecular weight is 205 g/mol. The van der Waals surface area contributed by atoms with Crippen LogP contribution in [0.5, 0.6) is 0 Å². The Balaban J connectivity index is 2.67. The van der Waals surface area contributed by atoms with Crippen LogP contribution in [0.2, 0.25) is 0 Å². The SMILES string of the molecule is CC(C)c1nccn1CCC(C)(C)C#N. The summed E-state index contributed by atoms with van der Waals surface area (Å²) in [5.41, 5.74) is -0.251. The minimum Gasteiger partial charge on any atom is -0.335 e. The van der Waals surface area contributed by atoms with E-state index >= 15 is 0 Å². The van der Waals surface area contributed by atoms with Crippen molar-refractivity contribution in [1.29, 1.82) is 5.26 Å². The molecule has 1 rings (SSSR count). The molecule has 0 aliphatic carbocycles. The van der Waals surface area contributed by atoms with Gasteiger partial charge in [0.1, 0.15) is 5.82 Å². The largest absolute Gasteiger partial charge is 0.335 e. The number of nitriles is 1. The van der Waals surface area contributed by atoms with Gasteiger partial charge in [0.15, 0.2) is 0 Å². The van der Waals surface area contributed by atoms with Crippen LogP contribution in [0.1, 0.15) is 45.9 Å². The zero-order valence-electron chi connectivity index (χ0n) is 9.99. The van der Waals surface area contributed by atoms with Gasteiger partial charge in [0.2, 0.25) is 0 Å². The van der Waals surface area contributed by atoms with Crippen LogP contribution in [-0.4, -0.2) is 9.55 Å². The van der Waals surface area contributed by atoms with E-state index in [4.69, 9.17) is 5.26 Å². The minimum absolute atomic E-state index is 0.251. The van der Waals surface area contributed by atoms with E-state index in [1.165, 1.54) is 0 Å². The molecule has 0 amide bonds. The Morgan fingerprint density at radius 1 is 1.53 bits per heavy atom. The average Bonchev–Trinajstić information content (AvgIpc) is 2.63. The summed E-state index contributed by atoms with van der Waals surface area (Å²) in [6.07, 6.45) is 4.68. The van der Waals surface area contributed by atoms with Crippen LogP contribution in [0.3, 0.4) is 0 Å². The third kappa shape index (κ3) is 3.09. The van der Waals surface area contributed by atoms with E-state index in [1.54, 1.807) is 0 Å². The summed E-state index contributed by atoms with van der Waals surface area (Å²) in [4.78, 5) is 4.32. The van der Waals surface area contributed by atoms with Crippen molar-refractivity contribution < 1.29 is 0 Å². The van der Waals surface area contributed by atoms with Crippen LogP contribution in [-0.2, 0) is 6.54 Å². The van der Waals surface area contributed by atoms with Crippen molar-refractivity contribution >= 4 is 0 Å². The second-order valence-electron chi connectivity index (χ2n) is 4.88. The molecule has 0 saturated carbocycles. The highest BCUT2D eigenvalue weighted by Gasteiger charge is 2.17. The molecular formula is C12H19N3. The van der Waals surface area contributed by atoms with E-state index in [0.29, 0.717) is 5.92 Å². The van der Waals surface area contributed by atoms with Crippen LogP contribution in [0.15, 0.2) is 12.4 Å². The highest BCUT2D eigenvalue weighted by Crippen LogP contribution is 2.21. The first kappa shape index (κ1) is 11.8. The van der Waals surface area contributed by atoms with Gasteiger partial charge in [0, 0.05) is 24.9 Å². The second-order valence-corrected chi connectivity index (χ2v) is 4.88. The Morgan fingerprint density at radius 2 is 2.20 bits per heavy atom. The summed E-state index contributed by atoms with van der Waals surface area (Å²) >= 11 is 0. The van der Waals surface area contributed by atoms with Gasteiger partial charge >= 0.3 is 0 Å². The molecule has 0 aromatic carbocycles. The van der Waals surface area contributed by atoms with Crippen LogP contribution in [0.25, 0.3) is 0 Å². The Kier molecular flexibility index (Phi) is 3.52. The Bertz CT molecular complexity index is 355. The van der Waals surface area contributed by atoms with Crippen LogP contribution >= 0.6 is 0 Å². The van der Waals surface area contributed by atoms with E-state index < -0.39 is 0 Å². The van der Waals surface area contributed by atoms with E-state index in [2.05, 4.69) is 29.5 Å². The molecule has 0 aliphatic rings. The zero-order valence-corrected chi connectivity index (χ0v) is 9.99. The maximum atomic E-state index is 8.93. The smallest absolute Gasteiger partial charge is 0.111 e. The molecule has 0 N–H and O–H groups in total. The molecule has 1 aromatic rings. The van der Waals surface area contributed by atoms with Gasteiger partial charge in [0.25, 0.3) is 0 Å². The van der Waals surface area contributed by atoms with Crippen LogP contribution in [0.4, 0.5) is 0 Å². The lowest BCUT2D eigenvalue weighted by molar-refractivity contribution is 0.406. The highest BCUT2D eigenvalue weighted by atomic mass is 15.1. The molecular weight excluding hydrogens is 186 g/mol. The molecule has 0 saturated heterocycles. The number of aryl methyl sites for hydroxylation is 1. The molecule has 3 heteroatoms. The fourth-order valence-electron chi connectivity index (χ4n) is 1.47. The van der Waals surface area contributed by atoms with Gasteiger partial charge < -0.3 is 4.57 Å². The topological polar surface area (TPSA) is 41.6 Å². The van der Waals surface area contributed by atoms with Gasteiger partial charge in [-0.05, 0) is 20.3 Å². The molecule has 1 heterocycles. The number of nitrogens with zero attached hydrogens (tertiary/aromatic N) is 3. The van der Waals surface area contributed by atoms with Crippen LogP contribution in [0, 0.1) is 16.7 Å². The molecule has 0 atom stereocenters. The van der Waals surface area contributed by atoms with Crippen molar-refractivity contribution in [3.8, 4) is 6.07 Å². The third-order valence-electron chi connectivity index (χ3n) is 2.54. The summed E-state index contributed by atoms with van der Waals surface area (Å²) in [7, 11) is 0. The highest BCUT2D eigenvalue weighted by molar-refractivity contribution is 4.99. The van der Waals surface area contributed by atoms with Crippen molar-refractivity contribution in [3.63, 3.8) is 0 Å². The molecule has 15 heavy (non-hydrogen) atoms. The predicted molar refractivity (Wildman–Crippen MR) is 60.3 cm³/mol. The summed E-state index contributed by atoms with van der Waals surface area (Å²) in [5, 5.41) is 8.93. The summed E-state index contributed by atoms with van der Waals surface area (Å²) in [6.45, 7) is 9.08. The van der Waals surface area contributed by atoms with Crippen molar-refractivity contribution in [1.82, 2.24) is 9.55 Å². The van der Waals surface area contributed by atoms with E-state index in [1.807, 2.05) is 26.2 Å². The van der Waals surface area contributed by atoms with Crippen molar-refractivity contribution in [2.75, 3.05) is 0 Å². The van der Waals surface area contributed by atoms with Gasteiger partial charge in [-0.2, -0.15) is 5.26 Å². The first-order valence-electron chi connectivity index (χ1n) is 5.38. The fourth-order valence-corrected chi connectivity index (χ4v) is 1.47. The predicted octanol–water partition coefficient (Wildman–Crippen LogP) is 2.95. The number of hydrogen-bond acceptors (Lipinski definition) is 2. The summed E-state index contributed by atoms with van der Waals surface area (Å²) in [5.74, 6) is 1.54. The lowest BCUT2D eigenvalue weighted by Gasteiger charge is -2.17. The maximum absolute atomic E-state index is 8.93. The van der Waals surface area contributed by atoms with Crippen LogP contribution < -0.4 is 0 Å². The summed E-state index contributed by atoms with van der Waals surface area (Å²) < 4.78 is 2.14. The van der Waals surface area contributed by atoms with Crippen molar-refractivity contribution in [2.45, 2.75) is 46.6 Å². The molecule has 0 fully saturated rings. The molecule has 0 radical (unpaired) electrons. The lowest BCUT2D eigenvalue weighted by atomic mass is 9.91. The number of rotatable bonds is 4. The standard InChI is InChI=1S/C12H19N3/c1-10(2)11-14-6-8-15(11)7-5-12(3,4)9-13/h6,8,10H,5,7H2,1-4H3. The molecule has 82 valence electrons. The first-order valence-corrected chi connectivity index (χ1v) is 5.38. The second kappa shape index (κ2) is 4.48. The number of hydrogen-bond donors (Lipinski definition) is 0. The Hall–Kier alpha value is -1.30. The number of imidazole rings is 1. The molecule has 0 aliphatic heterocycles. The molecule has 0 spiro atoms. The van der Waals surface area contributed by atoms with Gasteiger partial charge in [-0.25, -0.2) is 4.98 Å². The van der Waals surface area contributed by atoms with E-state index in [-0.39, 0.29) is 5.41 Å². The van der Waals surface area contributed by atoms with Gasteiger partial charge in [-0.15, -0.1) is 0 Å².